The highest BCUT2D eigenvalue weighted by molar-refractivity contribution is 5.74. The summed E-state index contributed by atoms with van der Waals surface area (Å²) in [5.41, 5.74) is 0. The van der Waals surface area contributed by atoms with Crippen molar-refractivity contribution >= 4 is 5.97 Å². The Morgan fingerprint density at radius 2 is 2.33 bits per heavy atom. The molecule has 0 amide bonds. The fourth-order valence-electron chi connectivity index (χ4n) is 2.53. The van der Waals surface area contributed by atoms with Crippen molar-refractivity contribution < 1.29 is 14.6 Å². The number of aliphatic hydroxyl groups is 1. The molecule has 4 unspecified atom stereocenters. The number of esters is 1. The molecule has 2 fully saturated rings. The number of carbonyl (C=O) groups is 1. The van der Waals surface area contributed by atoms with Crippen LogP contribution in [0.4, 0.5) is 0 Å². The molecule has 0 aromatic rings. The van der Waals surface area contributed by atoms with Crippen molar-refractivity contribution in [2.24, 2.45) is 17.8 Å². The molecule has 68 valence electrons. The lowest BCUT2D eigenvalue weighted by Crippen LogP contribution is -2.34. The lowest BCUT2D eigenvalue weighted by atomic mass is 9.86. The average Bonchev–Trinajstić information content (AvgIpc) is 2.29. The van der Waals surface area contributed by atoms with E-state index < -0.39 is 0 Å². The molecule has 0 bridgehead atoms. The Morgan fingerprint density at radius 3 is 3.00 bits per heavy atom. The van der Waals surface area contributed by atoms with Gasteiger partial charge in [-0.25, -0.2) is 0 Å². The average molecular weight is 170 g/mol. The predicted molar refractivity (Wildman–Crippen MR) is 42.3 cm³/mol. The first kappa shape index (κ1) is 8.05. The minimum atomic E-state index is -0.280. The molecule has 3 nitrogen and oxygen atoms in total. The van der Waals surface area contributed by atoms with Gasteiger partial charge in [-0.2, -0.15) is 0 Å². The minimum absolute atomic E-state index is 0.0336. The first-order chi connectivity index (χ1) is 5.70. The highest BCUT2D eigenvalue weighted by Crippen LogP contribution is 2.41. The molecule has 1 saturated heterocycles. The number of aliphatic hydroxyl groups excluding tert-OH is 1. The zero-order chi connectivity index (χ0) is 8.72. The van der Waals surface area contributed by atoms with Gasteiger partial charge in [0.15, 0.2) is 0 Å². The second-order valence-electron chi connectivity index (χ2n) is 3.93. The first-order valence-corrected chi connectivity index (χ1v) is 4.55. The number of fused-ring (bicyclic) bond motifs is 1. The van der Waals surface area contributed by atoms with Crippen LogP contribution in [0.1, 0.15) is 19.8 Å². The smallest absolute Gasteiger partial charge is 0.309 e. The second-order valence-corrected chi connectivity index (χ2v) is 3.93. The summed E-state index contributed by atoms with van der Waals surface area (Å²) in [5.74, 6) is 0.322. The standard InChI is InChI=1S/C9H14O3/c1-5-4-7(10)6-2-3-12-9(11)8(5)6/h5-8,10H,2-4H2,1H3. The van der Waals surface area contributed by atoms with Crippen molar-refractivity contribution in [1.29, 1.82) is 0 Å². The normalized spacial score (nSPS) is 47.0. The SMILES string of the molecule is CC1CC(O)C2CCOC(=O)C12. The Bertz CT molecular complexity index is 202. The number of hydrogen-bond acceptors (Lipinski definition) is 3. The summed E-state index contributed by atoms with van der Waals surface area (Å²) in [6, 6.07) is 0. The summed E-state index contributed by atoms with van der Waals surface area (Å²) < 4.78 is 4.96. The van der Waals surface area contributed by atoms with E-state index >= 15 is 0 Å². The molecule has 1 aliphatic heterocycles. The van der Waals surface area contributed by atoms with Crippen molar-refractivity contribution in [2.45, 2.75) is 25.9 Å². The highest BCUT2D eigenvalue weighted by Gasteiger charge is 2.47. The van der Waals surface area contributed by atoms with E-state index in [-0.39, 0.29) is 29.8 Å². The van der Waals surface area contributed by atoms with Crippen LogP contribution in [0.25, 0.3) is 0 Å². The van der Waals surface area contributed by atoms with Crippen molar-refractivity contribution in [3.05, 3.63) is 0 Å². The Kier molecular flexibility index (Phi) is 1.83. The van der Waals surface area contributed by atoms with Crippen LogP contribution in [0, 0.1) is 17.8 Å². The fourth-order valence-corrected chi connectivity index (χ4v) is 2.53. The molecule has 2 rings (SSSR count). The van der Waals surface area contributed by atoms with Gasteiger partial charge in [-0.3, -0.25) is 4.79 Å². The topological polar surface area (TPSA) is 46.5 Å². The maximum absolute atomic E-state index is 11.3. The number of ether oxygens (including phenoxy) is 1. The molecule has 12 heavy (non-hydrogen) atoms. The van der Waals surface area contributed by atoms with Crippen LogP contribution in [0.15, 0.2) is 0 Å². The fraction of sp³-hybridized carbons (Fsp3) is 0.889. The van der Waals surface area contributed by atoms with E-state index in [4.69, 9.17) is 4.74 Å². The maximum Gasteiger partial charge on any atom is 0.309 e. The van der Waals surface area contributed by atoms with E-state index in [1.807, 2.05) is 6.92 Å². The van der Waals surface area contributed by atoms with E-state index in [1.54, 1.807) is 0 Å². The van der Waals surface area contributed by atoms with Gasteiger partial charge in [0.05, 0.1) is 18.6 Å². The molecule has 0 aromatic heterocycles. The van der Waals surface area contributed by atoms with Gasteiger partial charge in [-0.1, -0.05) is 6.92 Å². The molecule has 0 aromatic carbocycles. The van der Waals surface area contributed by atoms with Crippen LogP contribution < -0.4 is 0 Å². The Labute approximate surface area is 71.7 Å². The van der Waals surface area contributed by atoms with Crippen LogP contribution in [0.5, 0.6) is 0 Å². The van der Waals surface area contributed by atoms with Crippen molar-refractivity contribution in [3.63, 3.8) is 0 Å². The Hall–Kier alpha value is -0.570. The van der Waals surface area contributed by atoms with Gasteiger partial charge in [0, 0.05) is 5.92 Å². The molecule has 0 radical (unpaired) electrons. The van der Waals surface area contributed by atoms with Crippen molar-refractivity contribution in [1.82, 2.24) is 0 Å². The van der Waals surface area contributed by atoms with E-state index in [9.17, 15) is 9.90 Å². The third-order valence-corrected chi connectivity index (χ3v) is 3.15. The third-order valence-electron chi connectivity index (χ3n) is 3.15. The minimum Gasteiger partial charge on any atom is -0.465 e. The molecule has 2 aliphatic rings. The summed E-state index contributed by atoms with van der Waals surface area (Å²) in [7, 11) is 0. The van der Waals surface area contributed by atoms with Gasteiger partial charge in [0.25, 0.3) is 0 Å². The zero-order valence-corrected chi connectivity index (χ0v) is 7.19. The molecule has 4 atom stereocenters. The number of rotatable bonds is 0. The summed E-state index contributed by atoms with van der Waals surface area (Å²) in [6.07, 6.45) is 1.31. The summed E-state index contributed by atoms with van der Waals surface area (Å²) in [4.78, 5) is 11.3. The van der Waals surface area contributed by atoms with Crippen LogP contribution in [-0.4, -0.2) is 23.8 Å². The summed E-state index contributed by atoms with van der Waals surface area (Å²) in [5, 5.41) is 9.60. The van der Waals surface area contributed by atoms with Crippen LogP contribution in [0.2, 0.25) is 0 Å². The van der Waals surface area contributed by atoms with Crippen LogP contribution in [-0.2, 0) is 9.53 Å². The van der Waals surface area contributed by atoms with E-state index in [0.29, 0.717) is 6.61 Å². The molecule has 3 heteroatoms. The Morgan fingerprint density at radius 1 is 1.58 bits per heavy atom. The van der Waals surface area contributed by atoms with E-state index in [2.05, 4.69) is 0 Å². The third kappa shape index (κ3) is 1.04. The number of carbonyl (C=O) groups excluding carboxylic acids is 1. The van der Waals surface area contributed by atoms with Crippen molar-refractivity contribution in [2.75, 3.05) is 6.61 Å². The highest BCUT2D eigenvalue weighted by atomic mass is 16.5. The number of cyclic esters (lactones) is 1. The summed E-state index contributed by atoms with van der Waals surface area (Å²) >= 11 is 0. The lowest BCUT2D eigenvalue weighted by molar-refractivity contribution is -0.158. The largest absolute Gasteiger partial charge is 0.465 e. The quantitative estimate of drug-likeness (QED) is 0.540. The monoisotopic (exact) mass is 170 g/mol. The van der Waals surface area contributed by atoms with Crippen molar-refractivity contribution in [3.8, 4) is 0 Å². The summed E-state index contributed by atoms with van der Waals surface area (Å²) in [6.45, 7) is 2.50. The second kappa shape index (κ2) is 2.73. The van der Waals surface area contributed by atoms with Crippen LogP contribution in [0.3, 0.4) is 0 Å². The predicted octanol–water partition coefficient (Wildman–Crippen LogP) is 0.566. The van der Waals surface area contributed by atoms with Gasteiger partial charge in [-0.15, -0.1) is 0 Å². The molecule has 1 heterocycles. The molecule has 1 N–H and O–H groups in total. The molecular formula is C9H14O3. The van der Waals surface area contributed by atoms with Gasteiger partial charge >= 0.3 is 5.97 Å². The van der Waals surface area contributed by atoms with Gasteiger partial charge < -0.3 is 9.84 Å². The molecule has 1 aliphatic carbocycles. The number of hydrogen-bond donors (Lipinski definition) is 1. The maximum atomic E-state index is 11.3. The molecule has 0 spiro atoms. The molecule has 1 saturated carbocycles. The van der Waals surface area contributed by atoms with Gasteiger partial charge in [-0.05, 0) is 18.8 Å². The molecular weight excluding hydrogens is 156 g/mol. The first-order valence-electron chi connectivity index (χ1n) is 4.55. The van der Waals surface area contributed by atoms with Gasteiger partial charge in [0.1, 0.15) is 0 Å². The van der Waals surface area contributed by atoms with E-state index in [0.717, 1.165) is 12.8 Å². The van der Waals surface area contributed by atoms with Gasteiger partial charge in [0.2, 0.25) is 0 Å². The zero-order valence-electron chi connectivity index (χ0n) is 7.19. The van der Waals surface area contributed by atoms with Crippen LogP contribution >= 0.6 is 0 Å². The lowest BCUT2D eigenvalue weighted by Gasteiger charge is -2.27. The Balaban J connectivity index is 2.19. The van der Waals surface area contributed by atoms with E-state index in [1.165, 1.54) is 0 Å².